The van der Waals surface area contributed by atoms with Gasteiger partial charge in [-0.3, -0.25) is 19.8 Å². The summed E-state index contributed by atoms with van der Waals surface area (Å²) in [5.41, 5.74) is 5.92. The zero-order valence-electron chi connectivity index (χ0n) is 36.2. The molecule has 328 valence electrons. The molecule has 5 aromatic carbocycles. The maximum Gasteiger partial charge on any atom is 0.411 e. The van der Waals surface area contributed by atoms with Crippen molar-refractivity contribution in [2.75, 3.05) is 51.6 Å². The van der Waals surface area contributed by atoms with Crippen molar-refractivity contribution in [3.63, 3.8) is 0 Å². The Morgan fingerprint density at radius 3 is 2.22 bits per heavy atom. The summed E-state index contributed by atoms with van der Waals surface area (Å²) in [7, 11) is 1.88. The van der Waals surface area contributed by atoms with Gasteiger partial charge in [0.15, 0.2) is 0 Å². The molecule has 0 unspecified atom stereocenters. The number of fused-ring (bicyclic) bond motifs is 1. The van der Waals surface area contributed by atoms with E-state index in [1.165, 1.54) is 6.07 Å². The van der Waals surface area contributed by atoms with Crippen LogP contribution in [0.3, 0.4) is 0 Å². The highest BCUT2D eigenvalue weighted by Crippen LogP contribution is 2.32. The molecule has 1 atom stereocenters. The topological polar surface area (TPSA) is 127 Å². The maximum atomic E-state index is 13.1. The molecule has 0 aliphatic carbocycles. The number of aliphatic hydroxyl groups is 1. The van der Waals surface area contributed by atoms with E-state index >= 15 is 0 Å². The van der Waals surface area contributed by atoms with Gasteiger partial charge in [-0.05, 0) is 72.7 Å². The minimum atomic E-state index is -0.813. The number of unbranched alkanes of at least 4 members (excludes halogenated alkanes) is 2. The number of rotatable bonds is 20. The molecule has 0 saturated carbocycles. The lowest BCUT2D eigenvalue weighted by Crippen LogP contribution is -2.42. The number of nitrogens with zero attached hydrogens (tertiary/aromatic N) is 3. The number of carbonyl (C=O) groups is 2. The average Bonchev–Trinajstić information content (AvgIpc) is 3.31. The minimum Gasteiger partial charge on any atom is -0.487 e. The van der Waals surface area contributed by atoms with Crippen LogP contribution in [0, 0.1) is 0 Å². The molecule has 2 amide bonds. The monoisotopic (exact) mass is 849 g/mol. The summed E-state index contributed by atoms with van der Waals surface area (Å²) >= 11 is 0. The number of carbonyl (C=O) groups excluding carboxylic acids is 2. The van der Waals surface area contributed by atoms with E-state index in [0.717, 1.165) is 97.2 Å². The van der Waals surface area contributed by atoms with Gasteiger partial charge < -0.3 is 29.4 Å². The number of anilines is 1. The predicted molar refractivity (Wildman–Crippen MR) is 250 cm³/mol. The number of likely N-dealkylation sites (tertiary alicyclic amines) is 1. The molecule has 2 heterocycles. The predicted octanol–water partition coefficient (Wildman–Crippen LogP) is 9.04. The molecule has 3 N–H and O–H groups in total. The highest BCUT2D eigenvalue weighted by Gasteiger charge is 2.24. The van der Waals surface area contributed by atoms with Crippen LogP contribution in [0.4, 0.5) is 10.5 Å². The summed E-state index contributed by atoms with van der Waals surface area (Å²) in [6.45, 7) is 5.21. The second-order valence-electron chi connectivity index (χ2n) is 16.4. The van der Waals surface area contributed by atoms with Gasteiger partial charge in [0.2, 0.25) is 11.5 Å². The number of para-hydroxylation sites is 1. The van der Waals surface area contributed by atoms with E-state index in [4.69, 9.17) is 9.47 Å². The van der Waals surface area contributed by atoms with Crippen LogP contribution in [-0.4, -0.2) is 89.2 Å². The van der Waals surface area contributed by atoms with Gasteiger partial charge in [0.1, 0.15) is 18.5 Å². The van der Waals surface area contributed by atoms with Gasteiger partial charge in [0, 0.05) is 69.8 Å². The summed E-state index contributed by atoms with van der Waals surface area (Å²) in [4.78, 5) is 47.8. The van der Waals surface area contributed by atoms with Gasteiger partial charge in [-0.2, -0.15) is 0 Å². The summed E-state index contributed by atoms with van der Waals surface area (Å²) < 4.78 is 12.0. The Kier molecular flexibility index (Phi) is 16.1. The molecule has 1 aliphatic rings. The van der Waals surface area contributed by atoms with Crippen LogP contribution in [0.15, 0.2) is 144 Å². The SMILES string of the molecule is CN(CCN1CCC(OC(=O)Nc2ccccc2-c2ccccc2)CC1)C(=O)CCCCCN(Cc1ccccc1)C[C@H](O)c1ccc(OCc2ccccc2)c2[nH]c(=O)ccc12. The van der Waals surface area contributed by atoms with Gasteiger partial charge in [-0.1, -0.05) is 122 Å². The number of likely N-dealkylation sites (N-methyl/N-ethyl adjacent to an activating group) is 1. The summed E-state index contributed by atoms with van der Waals surface area (Å²) in [6, 6.07) is 44.7. The van der Waals surface area contributed by atoms with Gasteiger partial charge >= 0.3 is 6.09 Å². The van der Waals surface area contributed by atoms with Crippen molar-refractivity contribution in [3.8, 4) is 16.9 Å². The fraction of sp³-hybridized carbons (Fsp3) is 0.327. The molecular formula is C52H59N5O6. The van der Waals surface area contributed by atoms with Crippen molar-refractivity contribution >= 4 is 28.6 Å². The number of aliphatic hydroxyl groups excluding tert-OH is 1. The highest BCUT2D eigenvalue weighted by molar-refractivity contribution is 5.91. The number of nitrogens with one attached hydrogen (secondary N) is 2. The first-order valence-electron chi connectivity index (χ1n) is 22.1. The normalized spacial score (nSPS) is 13.8. The van der Waals surface area contributed by atoms with E-state index in [-0.39, 0.29) is 17.6 Å². The quantitative estimate of drug-likeness (QED) is 0.0650. The van der Waals surface area contributed by atoms with Gasteiger partial charge in [0.05, 0.1) is 17.3 Å². The molecule has 1 fully saturated rings. The minimum absolute atomic E-state index is 0.137. The van der Waals surface area contributed by atoms with Crippen LogP contribution >= 0.6 is 0 Å². The lowest BCUT2D eigenvalue weighted by atomic mass is 10.0. The van der Waals surface area contributed by atoms with E-state index in [1.807, 2.05) is 127 Å². The number of hydrogen-bond donors (Lipinski definition) is 3. The molecule has 11 nitrogen and oxygen atoms in total. The number of aromatic nitrogens is 1. The third-order valence-corrected chi connectivity index (χ3v) is 11.8. The first-order valence-corrected chi connectivity index (χ1v) is 22.1. The molecule has 1 aromatic heterocycles. The lowest BCUT2D eigenvalue weighted by molar-refractivity contribution is -0.130. The largest absolute Gasteiger partial charge is 0.487 e. The number of benzene rings is 5. The number of aromatic amines is 1. The zero-order valence-corrected chi connectivity index (χ0v) is 36.2. The Morgan fingerprint density at radius 2 is 1.48 bits per heavy atom. The molecule has 7 rings (SSSR count). The van der Waals surface area contributed by atoms with Crippen LogP contribution in [0.25, 0.3) is 22.0 Å². The molecule has 11 heteroatoms. The molecule has 1 aliphatic heterocycles. The summed E-state index contributed by atoms with van der Waals surface area (Å²) in [6.07, 6.45) is 3.13. The Labute approximate surface area is 370 Å². The van der Waals surface area contributed by atoms with Crippen LogP contribution in [0.2, 0.25) is 0 Å². The van der Waals surface area contributed by atoms with Crippen molar-refractivity contribution < 1.29 is 24.2 Å². The van der Waals surface area contributed by atoms with Crippen molar-refractivity contribution in [3.05, 3.63) is 167 Å². The number of pyridine rings is 1. The van der Waals surface area contributed by atoms with Crippen molar-refractivity contribution in [2.24, 2.45) is 0 Å². The first kappa shape index (κ1) is 44.8. The van der Waals surface area contributed by atoms with E-state index in [1.54, 1.807) is 6.07 Å². The van der Waals surface area contributed by atoms with Gasteiger partial charge in [0.25, 0.3) is 0 Å². The summed E-state index contributed by atoms with van der Waals surface area (Å²) in [5, 5.41) is 15.4. The van der Waals surface area contributed by atoms with E-state index < -0.39 is 12.2 Å². The number of piperidine rings is 1. The smallest absolute Gasteiger partial charge is 0.411 e. The Balaban J connectivity index is 0.835. The van der Waals surface area contributed by atoms with E-state index in [9.17, 15) is 19.5 Å². The molecule has 6 aromatic rings. The fourth-order valence-corrected chi connectivity index (χ4v) is 8.21. The van der Waals surface area contributed by atoms with Crippen LogP contribution in [0.1, 0.15) is 61.3 Å². The first-order chi connectivity index (χ1) is 30.8. The molecule has 1 saturated heterocycles. The number of ether oxygens (including phenoxy) is 2. The summed E-state index contributed by atoms with van der Waals surface area (Å²) in [5.74, 6) is 0.692. The lowest BCUT2D eigenvalue weighted by Gasteiger charge is -2.32. The molecular weight excluding hydrogens is 791 g/mol. The van der Waals surface area contributed by atoms with E-state index in [2.05, 4.69) is 32.2 Å². The Morgan fingerprint density at radius 1 is 0.794 bits per heavy atom. The fourth-order valence-electron chi connectivity index (χ4n) is 8.21. The van der Waals surface area contributed by atoms with E-state index in [0.29, 0.717) is 43.9 Å². The standard InChI is InChI=1S/C52H59N5O6/c1-55(34-35-56-32-29-42(30-33-56)63-52(61)53-46-23-14-13-22-43(46)41-20-10-4-11-21-41)50(60)24-12-5-15-31-57(36-39-16-6-2-7-17-39)37-47(58)44-25-27-48(51-45(44)26-28-49(59)54-51)62-38-40-18-8-3-9-19-40/h2-4,6-11,13-14,16-23,25-28,42,47,58H,5,12,15,24,29-38H2,1H3,(H,53,61)(H,54,59)/t47-/m0/s1. The average molecular weight is 850 g/mol. The van der Waals surface area contributed by atoms with Crippen LogP contribution in [-0.2, 0) is 22.7 Å². The third-order valence-electron chi connectivity index (χ3n) is 11.8. The van der Waals surface area contributed by atoms with Crippen molar-refractivity contribution in [2.45, 2.75) is 63.9 Å². The second-order valence-corrected chi connectivity index (χ2v) is 16.4. The molecule has 0 spiro atoms. The highest BCUT2D eigenvalue weighted by atomic mass is 16.6. The van der Waals surface area contributed by atoms with Crippen molar-refractivity contribution in [1.82, 2.24) is 19.7 Å². The Bertz CT molecular complexity index is 2420. The molecule has 63 heavy (non-hydrogen) atoms. The zero-order chi connectivity index (χ0) is 43.8. The maximum absolute atomic E-state index is 13.1. The van der Waals surface area contributed by atoms with Gasteiger partial charge in [-0.25, -0.2) is 4.79 Å². The van der Waals surface area contributed by atoms with Crippen LogP contribution in [0.5, 0.6) is 5.75 Å². The molecule has 0 radical (unpaired) electrons. The van der Waals surface area contributed by atoms with Crippen molar-refractivity contribution in [1.29, 1.82) is 0 Å². The second kappa shape index (κ2) is 22.7. The van der Waals surface area contributed by atoms with Crippen LogP contribution < -0.4 is 15.6 Å². The molecule has 0 bridgehead atoms. The number of H-pyrrole nitrogens is 1. The number of hydrogen-bond acceptors (Lipinski definition) is 8. The number of amides is 2. The third kappa shape index (κ3) is 13.1. The van der Waals surface area contributed by atoms with Gasteiger partial charge in [-0.15, -0.1) is 0 Å². The Hall–Kier alpha value is -6.27.